The number of halogens is 3. The Morgan fingerprint density at radius 3 is 2.33 bits per heavy atom. The summed E-state index contributed by atoms with van der Waals surface area (Å²) in [6.07, 6.45) is 1.60. The molecule has 0 fully saturated rings. The number of furan rings is 1. The van der Waals surface area contributed by atoms with Crippen LogP contribution in [-0.4, -0.2) is 6.21 Å². The molecular formula is C18H13Cl3N2O. The van der Waals surface area contributed by atoms with Crippen LogP contribution in [0.1, 0.15) is 11.3 Å². The number of nitrogens with zero attached hydrogens (tertiary/aromatic N) is 1. The van der Waals surface area contributed by atoms with Gasteiger partial charge in [0.1, 0.15) is 11.5 Å². The molecule has 2 aromatic carbocycles. The van der Waals surface area contributed by atoms with Gasteiger partial charge in [-0.1, -0.05) is 40.9 Å². The van der Waals surface area contributed by atoms with Crippen molar-refractivity contribution >= 4 is 41.0 Å². The van der Waals surface area contributed by atoms with Gasteiger partial charge in [-0.25, -0.2) is 0 Å². The molecule has 0 spiro atoms. The Morgan fingerprint density at radius 1 is 0.917 bits per heavy atom. The van der Waals surface area contributed by atoms with E-state index in [4.69, 9.17) is 39.2 Å². The van der Waals surface area contributed by atoms with E-state index < -0.39 is 0 Å². The van der Waals surface area contributed by atoms with Crippen molar-refractivity contribution in [3.05, 3.63) is 81.0 Å². The van der Waals surface area contributed by atoms with Crippen LogP contribution in [0.5, 0.6) is 0 Å². The van der Waals surface area contributed by atoms with Gasteiger partial charge >= 0.3 is 0 Å². The third kappa shape index (κ3) is 4.12. The molecular weight excluding hydrogens is 367 g/mol. The van der Waals surface area contributed by atoms with E-state index >= 15 is 0 Å². The van der Waals surface area contributed by atoms with Gasteiger partial charge in [-0.15, -0.1) is 0 Å². The van der Waals surface area contributed by atoms with Gasteiger partial charge < -0.3 is 9.84 Å². The lowest BCUT2D eigenvalue weighted by Crippen LogP contribution is -2.06. The monoisotopic (exact) mass is 378 g/mol. The van der Waals surface area contributed by atoms with Crippen LogP contribution in [0.2, 0.25) is 15.1 Å². The Bertz CT molecular complexity index is 837. The molecule has 0 amide bonds. The molecule has 0 bridgehead atoms. The Labute approximate surface area is 154 Å². The molecule has 1 N–H and O–H groups in total. The van der Waals surface area contributed by atoms with Crippen LogP contribution in [0, 0.1) is 0 Å². The quantitative estimate of drug-likeness (QED) is 0.434. The smallest absolute Gasteiger partial charge is 0.147 e. The maximum Gasteiger partial charge on any atom is 0.147 e. The molecule has 3 nitrogen and oxygen atoms in total. The highest BCUT2D eigenvalue weighted by atomic mass is 35.5. The zero-order valence-corrected chi connectivity index (χ0v) is 14.7. The fourth-order valence-corrected chi connectivity index (χ4v) is 2.78. The predicted octanol–water partition coefficient (Wildman–Crippen LogP) is 6.03. The van der Waals surface area contributed by atoms with Crippen molar-refractivity contribution in [1.29, 1.82) is 0 Å². The largest absolute Gasteiger partial charge is 0.455 e. The van der Waals surface area contributed by atoms with Gasteiger partial charge in [-0.3, -0.25) is 0 Å². The van der Waals surface area contributed by atoms with Crippen molar-refractivity contribution in [3.8, 4) is 11.3 Å². The lowest BCUT2D eigenvalue weighted by atomic mass is 10.2. The minimum atomic E-state index is 0.430. The average Bonchev–Trinajstić information content (AvgIpc) is 3.03. The Morgan fingerprint density at radius 2 is 1.62 bits per heavy atom. The molecule has 0 unspecified atom stereocenters. The van der Waals surface area contributed by atoms with Crippen molar-refractivity contribution in [1.82, 2.24) is 5.43 Å². The van der Waals surface area contributed by atoms with Crippen molar-refractivity contribution in [3.63, 3.8) is 0 Å². The SMILES string of the molecule is Clc1ccc(-c2ccc(/C=N\NCc3c(Cl)cccc3Cl)o2)cc1. The van der Waals surface area contributed by atoms with Crippen molar-refractivity contribution < 1.29 is 4.42 Å². The molecule has 0 aliphatic heterocycles. The van der Waals surface area contributed by atoms with E-state index in [1.165, 1.54) is 0 Å². The van der Waals surface area contributed by atoms with E-state index in [-0.39, 0.29) is 0 Å². The summed E-state index contributed by atoms with van der Waals surface area (Å²) < 4.78 is 5.72. The maximum absolute atomic E-state index is 6.10. The van der Waals surface area contributed by atoms with Gasteiger partial charge in [0.05, 0.1) is 12.8 Å². The van der Waals surface area contributed by atoms with Crippen molar-refractivity contribution in [2.75, 3.05) is 0 Å². The van der Waals surface area contributed by atoms with E-state index in [9.17, 15) is 0 Å². The average molecular weight is 380 g/mol. The van der Waals surface area contributed by atoms with Crippen LogP contribution in [0.4, 0.5) is 0 Å². The summed E-state index contributed by atoms with van der Waals surface area (Å²) in [5.41, 5.74) is 4.67. The highest BCUT2D eigenvalue weighted by Gasteiger charge is 2.05. The van der Waals surface area contributed by atoms with Crippen molar-refractivity contribution in [2.45, 2.75) is 6.54 Å². The molecule has 122 valence electrons. The van der Waals surface area contributed by atoms with Gasteiger partial charge in [-0.05, 0) is 48.5 Å². The lowest BCUT2D eigenvalue weighted by Gasteiger charge is -2.05. The topological polar surface area (TPSA) is 37.5 Å². The maximum atomic E-state index is 6.10. The van der Waals surface area contributed by atoms with E-state index in [0.29, 0.717) is 27.4 Å². The number of hydrogen-bond donors (Lipinski definition) is 1. The zero-order chi connectivity index (χ0) is 16.9. The third-order valence-electron chi connectivity index (χ3n) is 3.36. The molecule has 6 heteroatoms. The second kappa shape index (κ2) is 7.75. The van der Waals surface area contributed by atoms with Gasteiger partial charge in [0.2, 0.25) is 0 Å². The molecule has 3 rings (SSSR count). The summed E-state index contributed by atoms with van der Waals surface area (Å²) in [4.78, 5) is 0. The second-order valence-corrected chi connectivity index (χ2v) is 6.25. The summed E-state index contributed by atoms with van der Waals surface area (Å²) in [6, 6.07) is 16.6. The van der Waals surface area contributed by atoms with Crippen LogP contribution in [0.15, 0.2) is 64.1 Å². The Hall–Kier alpha value is -1.94. The van der Waals surface area contributed by atoms with E-state index in [1.54, 1.807) is 24.4 Å². The Kier molecular flexibility index (Phi) is 5.46. The lowest BCUT2D eigenvalue weighted by molar-refractivity contribution is 0.573. The highest BCUT2D eigenvalue weighted by molar-refractivity contribution is 6.36. The van der Waals surface area contributed by atoms with Crippen LogP contribution >= 0.6 is 34.8 Å². The molecule has 24 heavy (non-hydrogen) atoms. The number of hydrogen-bond acceptors (Lipinski definition) is 3. The van der Waals surface area contributed by atoms with Gasteiger partial charge in [-0.2, -0.15) is 5.10 Å². The number of hydrazone groups is 1. The molecule has 0 aliphatic rings. The predicted molar refractivity (Wildman–Crippen MR) is 100 cm³/mol. The van der Waals surface area contributed by atoms with Gasteiger partial charge in [0.15, 0.2) is 0 Å². The minimum absolute atomic E-state index is 0.430. The first kappa shape index (κ1) is 16.9. The minimum Gasteiger partial charge on any atom is -0.455 e. The van der Waals surface area contributed by atoms with Gasteiger partial charge in [0, 0.05) is 26.2 Å². The van der Waals surface area contributed by atoms with Crippen LogP contribution < -0.4 is 5.43 Å². The summed E-state index contributed by atoms with van der Waals surface area (Å²) in [6.45, 7) is 0.430. The molecule has 3 aromatic rings. The van der Waals surface area contributed by atoms with Crippen LogP contribution in [0.25, 0.3) is 11.3 Å². The third-order valence-corrected chi connectivity index (χ3v) is 4.32. The van der Waals surface area contributed by atoms with E-state index in [1.807, 2.05) is 36.4 Å². The summed E-state index contributed by atoms with van der Waals surface area (Å²) in [5.74, 6) is 1.39. The molecule has 0 saturated heterocycles. The molecule has 1 heterocycles. The first-order valence-electron chi connectivity index (χ1n) is 7.18. The zero-order valence-electron chi connectivity index (χ0n) is 12.5. The molecule has 0 atom stereocenters. The first-order chi connectivity index (χ1) is 11.6. The number of rotatable bonds is 5. The summed E-state index contributed by atoms with van der Waals surface area (Å²) in [5, 5.41) is 6.03. The fraction of sp³-hybridized carbons (Fsp3) is 0.0556. The van der Waals surface area contributed by atoms with Crippen LogP contribution in [-0.2, 0) is 6.54 Å². The fourth-order valence-electron chi connectivity index (χ4n) is 2.13. The first-order valence-corrected chi connectivity index (χ1v) is 8.31. The normalized spacial score (nSPS) is 11.1. The van der Waals surface area contributed by atoms with Crippen molar-refractivity contribution in [2.24, 2.45) is 5.10 Å². The molecule has 1 aromatic heterocycles. The second-order valence-electron chi connectivity index (χ2n) is 5.00. The molecule has 0 radical (unpaired) electrons. The van der Waals surface area contributed by atoms with Gasteiger partial charge in [0.25, 0.3) is 0 Å². The summed E-state index contributed by atoms with van der Waals surface area (Å²) >= 11 is 18.1. The van der Waals surface area contributed by atoms with Crippen LogP contribution in [0.3, 0.4) is 0 Å². The highest BCUT2D eigenvalue weighted by Crippen LogP contribution is 2.24. The standard InChI is InChI=1S/C18H13Cl3N2O/c19-13-6-4-12(5-7-13)18-9-8-14(24-18)10-22-23-11-15-16(20)2-1-3-17(15)21/h1-10,23H,11H2/b22-10-. The number of nitrogens with one attached hydrogen (secondary N) is 1. The molecule has 0 saturated carbocycles. The summed E-state index contributed by atoms with van der Waals surface area (Å²) in [7, 11) is 0. The number of benzene rings is 2. The van der Waals surface area contributed by atoms with E-state index in [0.717, 1.165) is 16.9 Å². The Balaban J connectivity index is 1.62. The molecule has 0 aliphatic carbocycles. The van der Waals surface area contributed by atoms with E-state index in [2.05, 4.69) is 10.5 Å².